The van der Waals surface area contributed by atoms with E-state index in [1.165, 1.54) is 10.7 Å². The Hall–Kier alpha value is -1.36. The molecule has 0 bridgehead atoms. The van der Waals surface area contributed by atoms with Gasteiger partial charge in [0, 0.05) is 0 Å². The van der Waals surface area contributed by atoms with Crippen molar-refractivity contribution in [3.05, 3.63) is 91.0 Å². The summed E-state index contributed by atoms with van der Waals surface area (Å²) in [7, 11) is -1.77. The van der Waals surface area contributed by atoms with Crippen molar-refractivity contribution in [3.8, 4) is 0 Å². The molecule has 0 aromatic heterocycles. The van der Waals surface area contributed by atoms with Crippen molar-refractivity contribution >= 4 is 37.4 Å². The first kappa shape index (κ1) is 22.3. The molecule has 0 aliphatic rings. The summed E-state index contributed by atoms with van der Waals surface area (Å²) >= 11 is -3.19. The first-order chi connectivity index (χ1) is 13.8. The van der Waals surface area contributed by atoms with E-state index in [2.05, 4.69) is 125 Å². The fourth-order valence-corrected chi connectivity index (χ4v) is 18.4. The van der Waals surface area contributed by atoms with Gasteiger partial charge in [0.15, 0.2) is 0 Å². The fraction of sp³-hybridized carbons (Fsp3) is 0.308. The molecule has 0 amide bonds. The predicted molar refractivity (Wildman–Crippen MR) is 132 cm³/mol. The molecule has 0 saturated heterocycles. The van der Waals surface area contributed by atoms with Gasteiger partial charge in [-0.3, -0.25) is 0 Å². The molecule has 0 heterocycles. The van der Waals surface area contributed by atoms with Gasteiger partial charge in [0.25, 0.3) is 0 Å². The van der Waals surface area contributed by atoms with E-state index in [4.69, 9.17) is 4.43 Å². The average molecular weight is 509 g/mol. The van der Waals surface area contributed by atoms with Crippen LogP contribution in [0.25, 0.3) is 0 Å². The van der Waals surface area contributed by atoms with Crippen molar-refractivity contribution in [2.75, 3.05) is 6.61 Å². The van der Waals surface area contributed by atoms with Crippen LogP contribution in [0.1, 0.15) is 20.8 Å². The SMILES string of the molecule is CC(C)(C)[Si](C)(C)OC[CH2][Sn]([c]1ccccc1)([c]1ccccc1)[c]1ccccc1. The molecular weight excluding hydrogens is 475 g/mol. The van der Waals surface area contributed by atoms with Gasteiger partial charge in [0.05, 0.1) is 0 Å². The summed E-state index contributed by atoms with van der Waals surface area (Å²) in [4.78, 5) is 0. The van der Waals surface area contributed by atoms with Gasteiger partial charge in [-0.25, -0.2) is 0 Å². The van der Waals surface area contributed by atoms with Crippen LogP contribution in [0.4, 0.5) is 0 Å². The molecule has 3 rings (SSSR count). The van der Waals surface area contributed by atoms with Crippen molar-refractivity contribution in [3.63, 3.8) is 0 Å². The monoisotopic (exact) mass is 510 g/mol. The second-order valence-electron chi connectivity index (χ2n) is 9.36. The van der Waals surface area contributed by atoms with E-state index < -0.39 is 26.7 Å². The Morgan fingerprint density at radius 2 is 1.00 bits per heavy atom. The van der Waals surface area contributed by atoms with Crippen molar-refractivity contribution in [1.29, 1.82) is 0 Å². The van der Waals surface area contributed by atoms with E-state index in [1.54, 1.807) is 0 Å². The molecule has 0 aliphatic carbocycles. The normalized spacial score (nSPS) is 12.7. The summed E-state index contributed by atoms with van der Waals surface area (Å²) in [5.41, 5.74) is 0. The number of hydrogen-bond donors (Lipinski definition) is 0. The Balaban J connectivity index is 2.08. The number of benzene rings is 3. The molecule has 1 nitrogen and oxygen atoms in total. The third kappa shape index (κ3) is 4.87. The molecule has 0 N–H and O–H groups in total. The Labute approximate surface area is 182 Å². The van der Waals surface area contributed by atoms with Crippen molar-refractivity contribution in [2.24, 2.45) is 0 Å². The minimum atomic E-state index is -3.19. The first-order valence-corrected chi connectivity index (χ1v) is 19.8. The Morgan fingerprint density at radius 1 is 0.655 bits per heavy atom. The van der Waals surface area contributed by atoms with E-state index in [0.717, 1.165) is 11.0 Å². The maximum atomic E-state index is 6.71. The molecule has 3 aromatic carbocycles. The zero-order valence-corrected chi connectivity index (χ0v) is 22.3. The Morgan fingerprint density at radius 3 is 1.31 bits per heavy atom. The van der Waals surface area contributed by atoms with E-state index in [1.807, 2.05) is 0 Å². The van der Waals surface area contributed by atoms with Crippen LogP contribution in [-0.2, 0) is 4.43 Å². The van der Waals surface area contributed by atoms with Crippen LogP contribution >= 0.6 is 0 Å². The van der Waals surface area contributed by atoms with Crippen LogP contribution in [0.5, 0.6) is 0 Å². The summed E-state index contributed by atoms with van der Waals surface area (Å²) in [5, 5.41) is 0.234. The van der Waals surface area contributed by atoms with E-state index in [9.17, 15) is 0 Å². The van der Waals surface area contributed by atoms with Gasteiger partial charge in [0.1, 0.15) is 0 Å². The second kappa shape index (κ2) is 9.19. The topological polar surface area (TPSA) is 9.23 Å². The van der Waals surface area contributed by atoms with Crippen LogP contribution in [0, 0.1) is 0 Å². The first-order valence-electron chi connectivity index (χ1n) is 10.6. The maximum absolute atomic E-state index is 6.71. The predicted octanol–water partition coefficient (Wildman–Crippen LogP) is 5.18. The van der Waals surface area contributed by atoms with Gasteiger partial charge in [-0.2, -0.15) is 0 Å². The van der Waals surface area contributed by atoms with Gasteiger partial charge in [-0.1, -0.05) is 0 Å². The van der Waals surface area contributed by atoms with Crippen molar-refractivity contribution in [1.82, 2.24) is 0 Å². The molecule has 0 unspecified atom stereocenters. The quantitative estimate of drug-likeness (QED) is 0.399. The zero-order valence-electron chi connectivity index (χ0n) is 18.5. The number of hydrogen-bond acceptors (Lipinski definition) is 1. The third-order valence-corrected chi connectivity index (χ3v) is 25.1. The Kier molecular flexibility index (Phi) is 7.08. The molecule has 0 saturated carbocycles. The molecule has 0 aliphatic heterocycles. The molecule has 0 fully saturated rings. The van der Waals surface area contributed by atoms with Gasteiger partial charge in [-0.15, -0.1) is 0 Å². The van der Waals surface area contributed by atoms with Gasteiger partial charge in [-0.05, 0) is 0 Å². The molecule has 0 atom stereocenters. The third-order valence-electron chi connectivity index (χ3n) is 6.55. The summed E-state index contributed by atoms with van der Waals surface area (Å²) in [6.07, 6.45) is 0. The van der Waals surface area contributed by atoms with E-state index in [-0.39, 0.29) is 5.04 Å². The number of rotatable bonds is 7. The summed E-state index contributed by atoms with van der Waals surface area (Å²) in [6.45, 7) is 12.5. The van der Waals surface area contributed by atoms with Crippen molar-refractivity contribution < 1.29 is 4.43 Å². The van der Waals surface area contributed by atoms with Gasteiger partial charge >= 0.3 is 183 Å². The summed E-state index contributed by atoms with van der Waals surface area (Å²) in [5.74, 6) is 0. The second-order valence-corrected chi connectivity index (χ2v) is 25.7. The van der Waals surface area contributed by atoms with Crippen LogP contribution in [-0.4, -0.2) is 33.3 Å². The Bertz CT molecular complexity index is 790. The van der Waals surface area contributed by atoms with Crippen LogP contribution in [0.3, 0.4) is 0 Å². The molecule has 29 heavy (non-hydrogen) atoms. The molecule has 3 heteroatoms. The van der Waals surface area contributed by atoms with E-state index >= 15 is 0 Å². The molecule has 0 radical (unpaired) electrons. The standard InChI is InChI=1S/C8H19OSi.3C6H5.Sn/c1-7-9-10(5,6)8(2,3)4;3*1-2-4-6-5-3-1;/h1,7H2,2-6H3;3*1-5H;. The van der Waals surface area contributed by atoms with Crippen molar-refractivity contribution in [2.45, 2.75) is 43.3 Å². The summed E-state index contributed by atoms with van der Waals surface area (Å²) < 4.78 is 12.4. The van der Waals surface area contributed by atoms with Gasteiger partial charge < -0.3 is 0 Å². The zero-order chi connectivity index (χ0) is 21.0. The molecular formula is C26H34OSiSn. The summed E-state index contributed by atoms with van der Waals surface area (Å²) in [6, 6.07) is 33.7. The minimum absolute atomic E-state index is 0.234. The molecule has 3 aromatic rings. The van der Waals surface area contributed by atoms with Crippen LogP contribution in [0.2, 0.25) is 22.6 Å². The average Bonchev–Trinajstić information content (AvgIpc) is 2.72. The fourth-order valence-electron chi connectivity index (χ4n) is 3.78. The van der Waals surface area contributed by atoms with Crippen LogP contribution < -0.4 is 10.7 Å². The molecule has 0 spiro atoms. The van der Waals surface area contributed by atoms with Gasteiger partial charge in [0.2, 0.25) is 0 Å². The van der Waals surface area contributed by atoms with E-state index in [0.29, 0.717) is 0 Å². The van der Waals surface area contributed by atoms with Crippen LogP contribution in [0.15, 0.2) is 91.0 Å². The molecule has 152 valence electrons.